The Labute approximate surface area is 106 Å². The number of aromatic nitrogens is 1. The van der Waals surface area contributed by atoms with Crippen LogP contribution in [0.25, 0.3) is 10.9 Å². The molecule has 0 aliphatic heterocycles. The van der Waals surface area contributed by atoms with E-state index in [1.807, 2.05) is 24.3 Å². The van der Waals surface area contributed by atoms with Gasteiger partial charge in [0.25, 0.3) is 0 Å². The van der Waals surface area contributed by atoms with Crippen LogP contribution in [0.15, 0.2) is 30.5 Å². The summed E-state index contributed by atoms with van der Waals surface area (Å²) in [4.78, 5) is 11.5. The maximum Gasteiger partial charge on any atom is 0.227 e. The minimum Gasteiger partial charge on any atom is -0.329 e. The van der Waals surface area contributed by atoms with Gasteiger partial charge in [0.05, 0.1) is 5.52 Å². The molecule has 17 heavy (non-hydrogen) atoms. The Morgan fingerprint density at radius 2 is 2.06 bits per heavy atom. The molecule has 5 heteroatoms. The highest BCUT2D eigenvalue weighted by molar-refractivity contribution is 5.93. The Morgan fingerprint density at radius 1 is 1.41 bits per heavy atom. The number of hydrogen-bond donors (Lipinski definition) is 2. The number of fused-ring (bicyclic) bond motifs is 1. The van der Waals surface area contributed by atoms with E-state index in [1.165, 1.54) is 6.92 Å². The standard InChI is InChI=1S/C12H15N3O.ClH/c1-8(16)15-7-10(11(14)6-13)9-4-2-3-5-12(9)15;/h2-5,7,11H,6,13-14H2,1H3;1H/t11-;/m1./s1. The van der Waals surface area contributed by atoms with Crippen LogP contribution in [0.2, 0.25) is 0 Å². The molecule has 2 aromatic rings. The molecule has 0 aliphatic rings. The molecule has 4 N–H and O–H groups in total. The van der Waals surface area contributed by atoms with Crippen molar-refractivity contribution in [2.75, 3.05) is 6.54 Å². The van der Waals surface area contributed by atoms with E-state index in [4.69, 9.17) is 11.5 Å². The van der Waals surface area contributed by atoms with Crippen LogP contribution >= 0.6 is 12.4 Å². The van der Waals surface area contributed by atoms with Gasteiger partial charge < -0.3 is 11.5 Å². The van der Waals surface area contributed by atoms with Gasteiger partial charge in [0.1, 0.15) is 0 Å². The quantitative estimate of drug-likeness (QED) is 0.855. The van der Waals surface area contributed by atoms with Crippen molar-refractivity contribution in [3.05, 3.63) is 36.0 Å². The van der Waals surface area contributed by atoms with Gasteiger partial charge in [-0.25, -0.2) is 0 Å². The third-order valence-electron chi connectivity index (χ3n) is 2.74. The van der Waals surface area contributed by atoms with Crippen LogP contribution in [0.5, 0.6) is 0 Å². The summed E-state index contributed by atoms with van der Waals surface area (Å²) in [5.41, 5.74) is 13.3. The molecular formula is C12H16ClN3O. The van der Waals surface area contributed by atoms with Crippen molar-refractivity contribution < 1.29 is 4.79 Å². The van der Waals surface area contributed by atoms with Crippen LogP contribution < -0.4 is 11.5 Å². The first-order chi connectivity index (χ1) is 7.65. The highest BCUT2D eigenvalue weighted by atomic mass is 35.5. The number of carbonyl (C=O) groups is 1. The van der Waals surface area contributed by atoms with Crippen LogP contribution in [-0.2, 0) is 0 Å². The fraction of sp³-hybridized carbons (Fsp3) is 0.250. The zero-order chi connectivity index (χ0) is 11.7. The maximum absolute atomic E-state index is 11.5. The Bertz CT molecular complexity index is 536. The molecule has 1 aromatic carbocycles. The van der Waals surface area contributed by atoms with Gasteiger partial charge in [-0.05, 0) is 11.6 Å². The summed E-state index contributed by atoms with van der Waals surface area (Å²) < 4.78 is 1.61. The van der Waals surface area contributed by atoms with Gasteiger partial charge in [-0.3, -0.25) is 9.36 Å². The molecule has 0 spiro atoms. The summed E-state index contributed by atoms with van der Waals surface area (Å²) in [6, 6.07) is 7.47. The van der Waals surface area contributed by atoms with E-state index in [-0.39, 0.29) is 24.4 Å². The molecule has 0 amide bonds. The van der Waals surface area contributed by atoms with Crippen molar-refractivity contribution in [1.82, 2.24) is 4.57 Å². The SMILES string of the molecule is CC(=O)n1cc([C@H](N)CN)c2ccccc21.Cl. The first kappa shape index (κ1) is 13.7. The summed E-state index contributed by atoms with van der Waals surface area (Å²) in [5, 5.41) is 0.996. The Balaban J connectivity index is 0.00000144. The van der Waals surface area contributed by atoms with Gasteiger partial charge in [-0.2, -0.15) is 0 Å². The van der Waals surface area contributed by atoms with Crippen LogP contribution in [0.1, 0.15) is 23.3 Å². The topological polar surface area (TPSA) is 74.0 Å². The van der Waals surface area contributed by atoms with E-state index in [9.17, 15) is 4.79 Å². The van der Waals surface area contributed by atoms with Gasteiger partial charge in [-0.1, -0.05) is 18.2 Å². The fourth-order valence-electron chi connectivity index (χ4n) is 1.89. The number of nitrogens with zero attached hydrogens (tertiary/aromatic N) is 1. The summed E-state index contributed by atoms with van der Waals surface area (Å²) in [7, 11) is 0. The predicted molar refractivity (Wildman–Crippen MR) is 71.5 cm³/mol. The van der Waals surface area contributed by atoms with Crippen molar-refractivity contribution in [2.24, 2.45) is 11.5 Å². The molecule has 2 rings (SSSR count). The number of halogens is 1. The lowest BCUT2D eigenvalue weighted by Crippen LogP contribution is -2.20. The minimum atomic E-state index is -0.231. The normalized spacial score (nSPS) is 12.2. The van der Waals surface area contributed by atoms with E-state index in [2.05, 4.69) is 0 Å². The van der Waals surface area contributed by atoms with Gasteiger partial charge in [0.15, 0.2) is 0 Å². The third-order valence-corrected chi connectivity index (χ3v) is 2.74. The highest BCUT2D eigenvalue weighted by Crippen LogP contribution is 2.24. The first-order valence-electron chi connectivity index (χ1n) is 5.21. The lowest BCUT2D eigenvalue weighted by molar-refractivity contribution is 0.0941. The van der Waals surface area contributed by atoms with Crippen molar-refractivity contribution in [1.29, 1.82) is 0 Å². The lowest BCUT2D eigenvalue weighted by atomic mass is 10.1. The Kier molecular flexibility index (Phi) is 4.28. The van der Waals surface area contributed by atoms with E-state index >= 15 is 0 Å². The molecule has 1 heterocycles. The number of hydrogen-bond acceptors (Lipinski definition) is 3. The number of carbonyl (C=O) groups excluding carboxylic acids is 1. The Morgan fingerprint density at radius 3 is 2.65 bits per heavy atom. The number of para-hydroxylation sites is 1. The average molecular weight is 254 g/mol. The van der Waals surface area contributed by atoms with Gasteiger partial charge in [-0.15, -0.1) is 12.4 Å². The van der Waals surface area contributed by atoms with Crippen molar-refractivity contribution in [3.8, 4) is 0 Å². The van der Waals surface area contributed by atoms with Gasteiger partial charge in [0, 0.05) is 31.1 Å². The average Bonchev–Trinajstić information content (AvgIpc) is 2.67. The second-order valence-electron chi connectivity index (χ2n) is 3.83. The monoisotopic (exact) mass is 253 g/mol. The lowest BCUT2D eigenvalue weighted by Gasteiger charge is -2.06. The molecule has 1 atom stereocenters. The largest absolute Gasteiger partial charge is 0.329 e. The molecule has 0 saturated heterocycles. The molecule has 1 aromatic heterocycles. The van der Waals surface area contributed by atoms with E-state index in [1.54, 1.807) is 10.8 Å². The van der Waals surface area contributed by atoms with E-state index in [0.29, 0.717) is 6.54 Å². The molecule has 0 bridgehead atoms. The molecule has 0 unspecified atom stereocenters. The molecule has 92 valence electrons. The molecule has 4 nitrogen and oxygen atoms in total. The van der Waals surface area contributed by atoms with Gasteiger partial charge in [0.2, 0.25) is 5.91 Å². The van der Waals surface area contributed by atoms with Crippen LogP contribution in [-0.4, -0.2) is 17.0 Å². The number of nitrogens with two attached hydrogens (primary N) is 2. The van der Waals surface area contributed by atoms with E-state index in [0.717, 1.165) is 16.5 Å². The zero-order valence-electron chi connectivity index (χ0n) is 9.59. The number of benzene rings is 1. The van der Waals surface area contributed by atoms with Crippen LogP contribution in [0.3, 0.4) is 0 Å². The molecule has 0 aliphatic carbocycles. The van der Waals surface area contributed by atoms with Crippen molar-refractivity contribution >= 4 is 29.2 Å². The maximum atomic E-state index is 11.5. The zero-order valence-corrected chi connectivity index (χ0v) is 10.4. The van der Waals surface area contributed by atoms with Gasteiger partial charge >= 0.3 is 0 Å². The second kappa shape index (κ2) is 5.31. The Hall–Kier alpha value is -1.36. The predicted octanol–water partition coefficient (Wildman–Crippen LogP) is 1.68. The molecule has 0 radical (unpaired) electrons. The highest BCUT2D eigenvalue weighted by Gasteiger charge is 2.14. The van der Waals surface area contributed by atoms with Crippen LogP contribution in [0.4, 0.5) is 0 Å². The smallest absolute Gasteiger partial charge is 0.227 e. The molecule has 0 saturated carbocycles. The summed E-state index contributed by atoms with van der Waals surface area (Å²) >= 11 is 0. The summed E-state index contributed by atoms with van der Waals surface area (Å²) in [6.45, 7) is 1.90. The third kappa shape index (κ3) is 2.34. The number of rotatable bonds is 2. The van der Waals surface area contributed by atoms with E-state index < -0.39 is 0 Å². The van der Waals surface area contributed by atoms with Crippen LogP contribution in [0, 0.1) is 0 Å². The molecular weight excluding hydrogens is 238 g/mol. The van der Waals surface area contributed by atoms with Crippen molar-refractivity contribution in [2.45, 2.75) is 13.0 Å². The first-order valence-corrected chi connectivity index (χ1v) is 5.21. The summed E-state index contributed by atoms with van der Waals surface area (Å²) in [6.07, 6.45) is 1.78. The van der Waals surface area contributed by atoms with Crippen molar-refractivity contribution in [3.63, 3.8) is 0 Å². The fourth-order valence-corrected chi connectivity index (χ4v) is 1.89. The molecule has 0 fully saturated rings. The summed E-state index contributed by atoms with van der Waals surface area (Å²) in [5.74, 6) is -0.0216. The second-order valence-corrected chi connectivity index (χ2v) is 3.83. The minimum absolute atomic E-state index is 0.